The van der Waals surface area contributed by atoms with Crippen LogP contribution in [0.25, 0.3) is 0 Å². The molecule has 1 atom stereocenters. The second-order valence-electron chi connectivity index (χ2n) is 5.79. The van der Waals surface area contributed by atoms with Gasteiger partial charge in [-0.3, -0.25) is 4.90 Å². The Balaban J connectivity index is 1.63. The third-order valence-electron chi connectivity index (χ3n) is 4.60. The standard InChI is InChI=1S/C13H24N2O/c14-7-8-15(11-2-3-11)12-4-9-16-13(10-12)5-1-6-13/h11-12H,1-10,14H2. The van der Waals surface area contributed by atoms with Crippen molar-refractivity contribution in [1.82, 2.24) is 4.90 Å². The second-order valence-corrected chi connectivity index (χ2v) is 5.79. The van der Waals surface area contributed by atoms with Gasteiger partial charge >= 0.3 is 0 Å². The lowest BCUT2D eigenvalue weighted by atomic mass is 9.73. The first kappa shape index (κ1) is 11.0. The smallest absolute Gasteiger partial charge is 0.0697 e. The molecule has 1 saturated heterocycles. The second kappa shape index (κ2) is 4.28. The lowest BCUT2D eigenvalue weighted by molar-refractivity contribution is -0.149. The molecule has 2 aliphatic carbocycles. The topological polar surface area (TPSA) is 38.5 Å². The van der Waals surface area contributed by atoms with Crippen LogP contribution in [0, 0.1) is 0 Å². The molecule has 1 aliphatic heterocycles. The number of nitrogens with zero attached hydrogens (tertiary/aromatic N) is 1. The molecule has 0 aromatic rings. The van der Waals surface area contributed by atoms with Gasteiger partial charge in [-0.1, -0.05) is 0 Å². The average molecular weight is 224 g/mol. The van der Waals surface area contributed by atoms with Crippen LogP contribution in [0.2, 0.25) is 0 Å². The summed E-state index contributed by atoms with van der Waals surface area (Å²) in [6, 6.07) is 1.61. The van der Waals surface area contributed by atoms with Gasteiger partial charge in [-0.15, -0.1) is 0 Å². The first-order chi connectivity index (χ1) is 7.83. The quantitative estimate of drug-likeness (QED) is 0.786. The van der Waals surface area contributed by atoms with Crippen LogP contribution in [0.3, 0.4) is 0 Å². The van der Waals surface area contributed by atoms with Gasteiger partial charge in [0.1, 0.15) is 0 Å². The normalized spacial score (nSPS) is 33.0. The highest BCUT2D eigenvalue weighted by molar-refractivity contribution is 4.99. The van der Waals surface area contributed by atoms with Crippen molar-refractivity contribution in [1.29, 1.82) is 0 Å². The summed E-state index contributed by atoms with van der Waals surface area (Å²) >= 11 is 0. The Morgan fingerprint density at radius 2 is 2.00 bits per heavy atom. The Morgan fingerprint density at radius 3 is 2.56 bits per heavy atom. The maximum Gasteiger partial charge on any atom is 0.0697 e. The summed E-state index contributed by atoms with van der Waals surface area (Å²) in [4.78, 5) is 2.68. The van der Waals surface area contributed by atoms with Gasteiger partial charge in [0.05, 0.1) is 5.60 Å². The average Bonchev–Trinajstić information content (AvgIpc) is 3.08. The third kappa shape index (κ3) is 2.01. The number of hydrogen-bond donors (Lipinski definition) is 1. The molecule has 2 saturated carbocycles. The Kier molecular flexibility index (Phi) is 2.94. The molecule has 0 aromatic heterocycles. The van der Waals surface area contributed by atoms with Crippen molar-refractivity contribution in [2.24, 2.45) is 5.73 Å². The summed E-state index contributed by atoms with van der Waals surface area (Å²) in [5.41, 5.74) is 6.03. The highest BCUT2D eigenvalue weighted by Crippen LogP contribution is 2.44. The molecular weight excluding hydrogens is 200 g/mol. The highest BCUT2D eigenvalue weighted by Gasteiger charge is 2.45. The molecule has 0 amide bonds. The van der Waals surface area contributed by atoms with Crippen molar-refractivity contribution in [2.75, 3.05) is 19.7 Å². The minimum Gasteiger partial charge on any atom is -0.375 e. The zero-order valence-corrected chi connectivity index (χ0v) is 10.2. The number of nitrogens with two attached hydrogens (primary N) is 1. The molecule has 0 aromatic carbocycles. The lowest BCUT2D eigenvalue weighted by Gasteiger charge is -2.49. The van der Waals surface area contributed by atoms with E-state index >= 15 is 0 Å². The van der Waals surface area contributed by atoms with Crippen LogP contribution in [0.15, 0.2) is 0 Å². The van der Waals surface area contributed by atoms with Crippen molar-refractivity contribution in [2.45, 2.75) is 62.6 Å². The van der Waals surface area contributed by atoms with Crippen LogP contribution < -0.4 is 5.73 Å². The molecule has 3 fully saturated rings. The van der Waals surface area contributed by atoms with Crippen molar-refractivity contribution >= 4 is 0 Å². The summed E-state index contributed by atoms with van der Waals surface area (Å²) in [5.74, 6) is 0. The molecule has 3 aliphatic rings. The van der Waals surface area contributed by atoms with Crippen LogP contribution in [0.4, 0.5) is 0 Å². The van der Waals surface area contributed by atoms with Crippen molar-refractivity contribution in [3.8, 4) is 0 Å². The molecular formula is C13H24N2O. The SMILES string of the molecule is NCCN(C1CC1)C1CCOC2(CCC2)C1. The van der Waals surface area contributed by atoms with Crippen molar-refractivity contribution < 1.29 is 4.74 Å². The van der Waals surface area contributed by atoms with E-state index in [1.165, 1.54) is 44.9 Å². The van der Waals surface area contributed by atoms with Gasteiger partial charge in [0.15, 0.2) is 0 Å². The summed E-state index contributed by atoms with van der Waals surface area (Å²) in [6.45, 7) is 2.87. The predicted molar refractivity (Wildman–Crippen MR) is 64.3 cm³/mol. The summed E-state index contributed by atoms with van der Waals surface area (Å²) < 4.78 is 6.00. The molecule has 3 heteroatoms. The van der Waals surface area contributed by atoms with Crippen LogP contribution in [0.5, 0.6) is 0 Å². The molecule has 3 rings (SSSR count). The van der Waals surface area contributed by atoms with Gasteiger partial charge < -0.3 is 10.5 Å². The molecule has 0 radical (unpaired) electrons. The molecule has 0 bridgehead atoms. The Morgan fingerprint density at radius 1 is 1.19 bits per heavy atom. The van der Waals surface area contributed by atoms with E-state index in [2.05, 4.69) is 4.90 Å². The molecule has 1 unspecified atom stereocenters. The van der Waals surface area contributed by atoms with Crippen LogP contribution in [-0.4, -0.2) is 42.3 Å². The summed E-state index contributed by atoms with van der Waals surface area (Å²) in [6.07, 6.45) is 9.23. The summed E-state index contributed by atoms with van der Waals surface area (Å²) in [7, 11) is 0. The number of rotatable bonds is 4. The Hall–Kier alpha value is -0.120. The first-order valence-corrected chi connectivity index (χ1v) is 6.93. The van der Waals surface area contributed by atoms with Crippen LogP contribution in [-0.2, 0) is 4.74 Å². The number of hydrogen-bond acceptors (Lipinski definition) is 3. The fourth-order valence-electron chi connectivity index (χ4n) is 3.42. The number of ether oxygens (including phenoxy) is 1. The van der Waals surface area contributed by atoms with Crippen molar-refractivity contribution in [3.63, 3.8) is 0 Å². The van der Waals surface area contributed by atoms with Gasteiger partial charge in [-0.25, -0.2) is 0 Å². The van der Waals surface area contributed by atoms with Crippen LogP contribution >= 0.6 is 0 Å². The minimum atomic E-state index is 0.282. The maximum atomic E-state index is 6.00. The van der Waals surface area contributed by atoms with E-state index in [4.69, 9.17) is 10.5 Å². The van der Waals surface area contributed by atoms with Gasteiger partial charge in [-0.2, -0.15) is 0 Å². The van der Waals surface area contributed by atoms with E-state index in [9.17, 15) is 0 Å². The maximum absolute atomic E-state index is 6.00. The third-order valence-corrected chi connectivity index (χ3v) is 4.60. The minimum absolute atomic E-state index is 0.282. The first-order valence-electron chi connectivity index (χ1n) is 6.93. The Labute approximate surface area is 98.3 Å². The van der Waals surface area contributed by atoms with Gasteiger partial charge in [0, 0.05) is 31.8 Å². The largest absolute Gasteiger partial charge is 0.375 e. The van der Waals surface area contributed by atoms with E-state index in [-0.39, 0.29) is 5.60 Å². The van der Waals surface area contributed by atoms with E-state index < -0.39 is 0 Å². The lowest BCUT2D eigenvalue weighted by Crippen LogP contribution is -2.53. The highest BCUT2D eigenvalue weighted by atomic mass is 16.5. The zero-order valence-electron chi connectivity index (χ0n) is 10.2. The van der Waals surface area contributed by atoms with E-state index in [0.717, 1.165) is 31.8 Å². The Bertz CT molecular complexity index is 248. The van der Waals surface area contributed by atoms with Gasteiger partial charge in [-0.05, 0) is 44.9 Å². The molecule has 3 nitrogen and oxygen atoms in total. The molecule has 1 heterocycles. The fraction of sp³-hybridized carbons (Fsp3) is 1.00. The molecule has 92 valence electrons. The van der Waals surface area contributed by atoms with E-state index in [1.54, 1.807) is 0 Å². The predicted octanol–water partition coefficient (Wildman–Crippen LogP) is 1.51. The monoisotopic (exact) mass is 224 g/mol. The van der Waals surface area contributed by atoms with Gasteiger partial charge in [0.25, 0.3) is 0 Å². The summed E-state index contributed by atoms with van der Waals surface area (Å²) in [5, 5.41) is 0. The van der Waals surface area contributed by atoms with E-state index in [1.807, 2.05) is 0 Å². The molecule has 2 N–H and O–H groups in total. The zero-order chi connectivity index (χ0) is 11.0. The van der Waals surface area contributed by atoms with Crippen molar-refractivity contribution in [3.05, 3.63) is 0 Å². The molecule has 16 heavy (non-hydrogen) atoms. The van der Waals surface area contributed by atoms with Gasteiger partial charge in [0.2, 0.25) is 0 Å². The fourth-order valence-corrected chi connectivity index (χ4v) is 3.42. The van der Waals surface area contributed by atoms with Crippen LogP contribution in [0.1, 0.15) is 44.9 Å². The van der Waals surface area contributed by atoms with E-state index in [0.29, 0.717) is 0 Å². The molecule has 1 spiro atoms.